The summed E-state index contributed by atoms with van der Waals surface area (Å²) in [7, 11) is 0. The van der Waals surface area contributed by atoms with E-state index in [1.54, 1.807) is 0 Å². The molecule has 20 heavy (non-hydrogen) atoms. The van der Waals surface area contributed by atoms with Crippen LogP contribution in [0.3, 0.4) is 0 Å². The number of rotatable bonds is 4. The number of imide groups is 1. The molecule has 2 aliphatic rings. The molecule has 1 N–H and O–H groups in total. The summed E-state index contributed by atoms with van der Waals surface area (Å²) in [5.41, 5.74) is 0.894. The van der Waals surface area contributed by atoms with Gasteiger partial charge in [-0.15, -0.1) is 11.3 Å². The van der Waals surface area contributed by atoms with Gasteiger partial charge in [-0.25, -0.2) is 9.88 Å². The zero-order valence-corrected chi connectivity index (χ0v) is 12.6. The Balaban J connectivity index is 1.85. The maximum Gasteiger partial charge on any atom is 0.238 e. The molecule has 2 fully saturated rings. The van der Waals surface area contributed by atoms with Crippen LogP contribution in [0.4, 0.5) is 5.13 Å². The van der Waals surface area contributed by atoms with Crippen molar-refractivity contribution in [2.45, 2.75) is 39.2 Å². The molecule has 1 aliphatic carbocycles. The Bertz CT molecular complexity index is 520. The Labute approximate surface area is 122 Å². The predicted molar refractivity (Wildman–Crippen MR) is 77.5 cm³/mol. The average molecular weight is 293 g/mol. The highest BCUT2D eigenvalue weighted by atomic mass is 32.1. The normalized spacial score (nSPS) is 27.2. The lowest BCUT2D eigenvalue weighted by atomic mass is 9.98. The van der Waals surface area contributed by atoms with Gasteiger partial charge in [0.2, 0.25) is 11.8 Å². The third-order valence-electron chi connectivity index (χ3n) is 4.23. The fourth-order valence-corrected chi connectivity index (χ4v) is 4.01. The summed E-state index contributed by atoms with van der Waals surface area (Å²) in [5, 5.41) is 5.75. The Morgan fingerprint density at radius 2 is 2.05 bits per heavy atom. The highest BCUT2D eigenvalue weighted by Crippen LogP contribution is 2.40. The second-order valence-electron chi connectivity index (χ2n) is 5.55. The summed E-state index contributed by atoms with van der Waals surface area (Å²) < 4.78 is 0. The number of nitrogens with zero attached hydrogens (tertiary/aromatic N) is 2. The maximum atomic E-state index is 12.4. The van der Waals surface area contributed by atoms with Crippen molar-refractivity contribution in [3.63, 3.8) is 0 Å². The molecule has 2 amide bonds. The van der Waals surface area contributed by atoms with E-state index in [0.717, 1.165) is 31.5 Å². The molecule has 0 spiro atoms. The summed E-state index contributed by atoms with van der Waals surface area (Å²) >= 11 is 1.38. The second kappa shape index (κ2) is 5.26. The van der Waals surface area contributed by atoms with Crippen LogP contribution in [0, 0.1) is 11.8 Å². The summed E-state index contributed by atoms with van der Waals surface area (Å²) in [5.74, 6) is -0.0611. The van der Waals surface area contributed by atoms with Crippen molar-refractivity contribution in [3.05, 3.63) is 11.1 Å². The van der Waals surface area contributed by atoms with E-state index >= 15 is 0 Å². The first-order chi connectivity index (χ1) is 9.61. The zero-order valence-electron chi connectivity index (χ0n) is 11.8. The van der Waals surface area contributed by atoms with E-state index in [-0.39, 0.29) is 29.7 Å². The minimum atomic E-state index is -0.0549. The second-order valence-corrected chi connectivity index (χ2v) is 6.39. The van der Waals surface area contributed by atoms with E-state index in [4.69, 9.17) is 0 Å². The molecule has 1 aliphatic heterocycles. The van der Waals surface area contributed by atoms with Crippen molar-refractivity contribution in [3.8, 4) is 0 Å². The molecule has 1 saturated carbocycles. The SMILES string of the molecule is CCNC(C)c1csc(N2C(=O)C3CCC(C3)C2=O)n1. The van der Waals surface area contributed by atoms with Gasteiger partial charge in [0.25, 0.3) is 0 Å². The van der Waals surface area contributed by atoms with Crippen molar-refractivity contribution in [2.24, 2.45) is 11.8 Å². The van der Waals surface area contributed by atoms with Crippen molar-refractivity contribution in [2.75, 3.05) is 11.4 Å². The number of nitrogens with one attached hydrogen (secondary N) is 1. The molecule has 1 saturated heterocycles. The lowest BCUT2D eigenvalue weighted by molar-refractivity contribution is -0.132. The van der Waals surface area contributed by atoms with Crippen LogP contribution in [0.2, 0.25) is 0 Å². The quantitative estimate of drug-likeness (QED) is 0.864. The molecule has 3 unspecified atom stereocenters. The van der Waals surface area contributed by atoms with Gasteiger partial charge in [0.1, 0.15) is 0 Å². The van der Waals surface area contributed by atoms with E-state index in [0.29, 0.717) is 5.13 Å². The Morgan fingerprint density at radius 1 is 1.40 bits per heavy atom. The Morgan fingerprint density at radius 3 is 2.65 bits per heavy atom. The smallest absolute Gasteiger partial charge is 0.238 e. The molecule has 0 radical (unpaired) electrons. The van der Waals surface area contributed by atoms with Gasteiger partial charge in [0.15, 0.2) is 5.13 Å². The number of piperidine rings is 1. The van der Waals surface area contributed by atoms with Crippen LogP contribution in [0.5, 0.6) is 0 Å². The van der Waals surface area contributed by atoms with Crippen LogP contribution in [-0.4, -0.2) is 23.3 Å². The molecule has 5 nitrogen and oxygen atoms in total. The summed E-state index contributed by atoms with van der Waals surface area (Å²) in [6.45, 7) is 4.94. The number of aromatic nitrogens is 1. The Kier molecular flexibility index (Phi) is 3.60. The minimum Gasteiger partial charge on any atom is -0.309 e. The molecule has 3 atom stereocenters. The summed E-state index contributed by atoms with van der Waals surface area (Å²) in [4.78, 5) is 30.5. The number of hydrogen-bond acceptors (Lipinski definition) is 5. The lowest BCUT2D eigenvalue weighted by Crippen LogP contribution is -2.46. The number of anilines is 1. The molecule has 6 heteroatoms. The standard InChI is InChI=1S/C14H19N3O2S/c1-3-15-8(2)11-7-20-14(16-11)17-12(18)9-4-5-10(6-9)13(17)19/h7-10,15H,3-6H2,1-2H3. The van der Waals surface area contributed by atoms with Crippen LogP contribution in [0.1, 0.15) is 44.8 Å². The first-order valence-electron chi connectivity index (χ1n) is 7.18. The van der Waals surface area contributed by atoms with Gasteiger partial charge in [-0.3, -0.25) is 9.59 Å². The van der Waals surface area contributed by atoms with E-state index in [1.165, 1.54) is 16.2 Å². The molecule has 1 aromatic rings. The average Bonchev–Trinajstić information content (AvgIpc) is 3.06. The largest absolute Gasteiger partial charge is 0.309 e. The molecule has 1 aromatic heterocycles. The molecule has 2 heterocycles. The van der Waals surface area contributed by atoms with Crippen LogP contribution >= 0.6 is 11.3 Å². The molecule has 3 rings (SSSR count). The molecule has 2 bridgehead atoms. The van der Waals surface area contributed by atoms with Gasteiger partial charge in [-0.1, -0.05) is 6.92 Å². The first-order valence-corrected chi connectivity index (χ1v) is 8.06. The first kappa shape index (κ1) is 13.7. The number of carbonyl (C=O) groups is 2. The maximum absolute atomic E-state index is 12.4. The van der Waals surface area contributed by atoms with Crippen LogP contribution in [0.15, 0.2) is 5.38 Å². The number of amides is 2. The van der Waals surface area contributed by atoms with Crippen molar-refractivity contribution >= 4 is 28.3 Å². The van der Waals surface area contributed by atoms with Gasteiger partial charge in [0.05, 0.1) is 5.69 Å². The highest BCUT2D eigenvalue weighted by molar-refractivity contribution is 7.14. The zero-order chi connectivity index (χ0) is 14.3. The third-order valence-corrected chi connectivity index (χ3v) is 5.07. The monoisotopic (exact) mass is 293 g/mol. The van der Waals surface area contributed by atoms with Gasteiger partial charge in [0, 0.05) is 23.3 Å². The topological polar surface area (TPSA) is 62.3 Å². The number of fused-ring (bicyclic) bond motifs is 2. The number of carbonyl (C=O) groups excluding carboxylic acids is 2. The number of thiazole rings is 1. The van der Waals surface area contributed by atoms with Gasteiger partial charge < -0.3 is 5.32 Å². The van der Waals surface area contributed by atoms with Crippen molar-refractivity contribution < 1.29 is 9.59 Å². The lowest BCUT2D eigenvalue weighted by Gasteiger charge is -2.27. The predicted octanol–water partition coefficient (Wildman–Crippen LogP) is 2.10. The molecular formula is C14H19N3O2S. The third kappa shape index (κ3) is 2.16. The summed E-state index contributed by atoms with van der Waals surface area (Å²) in [6, 6.07) is 0.136. The van der Waals surface area contributed by atoms with Crippen LogP contribution < -0.4 is 10.2 Å². The van der Waals surface area contributed by atoms with Gasteiger partial charge >= 0.3 is 0 Å². The number of hydrogen-bond donors (Lipinski definition) is 1. The molecule has 0 aromatic carbocycles. The van der Waals surface area contributed by atoms with Crippen molar-refractivity contribution in [1.82, 2.24) is 10.3 Å². The van der Waals surface area contributed by atoms with E-state index in [2.05, 4.69) is 10.3 Å². The van der Waals surface area contributed by atoms with Crippen molar-refractivity contribution in [1.29, 1.82) is 0 Å². The van der Waals surface area contributed by atoms with E-state index in [1.807, 2.05) is 19.2 Å². The molecular weight excluding hydrogens is 274 g/mol. The fraction of sp³-hybridized carbons (Fsp3) is 0.643. The van der Waals surface area contributed by atoms with Crippen LogP contribution in [-0.2, 0) is 9.59 Å². The van der Waals surface area contributed by atoms with E-state index < -0.39 is 0 Å². The van der Waals surface area contributed by atoms with Crippen LogP contribution in [0.25, 0.3) is 0 Å². The van der Waals surface area contributed by atoms with E-state index in [9.17, 15) is 9.59 Å². The summed E-state index contributed by atoms with van der Waals surface area (Å²) in [6.07, 6.45) is 2.43. The van der Waals surface area contributed by atoms with Gasteiger partial charge in [-0.05, 0) is 32.7 Å². The highest BCUT2D eigenvalue weighted by Gasteiger charge is 2.46. The Hall–Kier alpha value is -1.27. The fourth-order valence-electron chi connectivity index (χ4n) is 3.08. The molecule has 108 valence electrons. The van der Waals surface area contributed by atoms with Gasteiger partial charge in [-0.2, -0.15) is 0 Å². The minimum absolute atomic E-state index is 0.0243.